The van der Waals surface area contributed by atoms with Gasteiger partial charge >= 0.3 is 12.2 Å². The Balaban J connectivity index is 1.96. The lowest BCUT2D eigenvalue weighted by Gasteiger charge is -2.18. The van der Waals surface area contributed by atoms with E-state index in [0.29, 0.717) is 17.0 Å². The van der Waals surface area contributed by atoms with Gasteiger partial charge in [0.1, 0.15) is 0 Å². The molecule has 8 heteroatoms. The molecule has 3 rings (SSSR count). The van der Waals surface area contributed by atoms with Crippen LogP contribution in [0, 0.1) is 6.92 Å². The van der Waals surface area contributed by atoms with Crippen molar-refractivity contribution in [1.82, 2.24) is 9.47 Å². The Hall–Kier alpha value is -2.09. The first-order valence-corrected chi connectivity index (χ1v) is 8.79. The third kappa shape index (κ3) is 3.78. The van der Waals surface area contributed by atoms with Crippen molar-refractivity contribution >= 4 is 17.4 Å². The molecule has 1 fully saturated rings. The van der Waals surface area contributed by atoms with E-state index in [1.165, 1.54) is 23.5 Å². The molecule has 2 amide bonds. The van der Waals surface area contributed by atoms with Crippen molar-refractivity contribution in [2.75, 3.05) is 6.54 Å². The number of hydrogen-bond donors (Lipinski definition) is 0. The molecule has 4 nitrogen and oxygen atoms in total. The SMILES string of the molecule is Cc1cn(-c2ccc(C(F)(F)F)cc2)/c(=N/C(=O)N2CCC[C@H]2C)s1. The molecule has 0 unspecified atom stereocenters. The van der Waals surface area contributed by atoms with Crippen LogP contribution in [0.15, 0.2) is 35.5 Å². The Morgan fingerprint density at radius 3 is 2.52 bits per heavy atom. The highest BCUT2D eigenvalue weighted by molar-refractivity contribution is 7.09. The van der Waals surface area contributed by atoms with Gasteiger partial charge in [0, 0.05) is 29.3 Å². The number of carbonyl (C=O) groups is 1. The maximum Gasteiger partial charge on any atom is 0.416 e. The van der Waals surface area contributed by atoms with Crippen molar-refractivity contribution in [1.29, 1.82) is 0 Å². The van der Waals surface area contributed by atoms with Crippen LogP contribution in [0.2, 0.25) is 0 Å². The van der Waals surface area contributed by atoms with Crippen LogP contribution < -0.4 is 4.80 Å². The topological polar surface area (TPSA) is 37.6 Å². The molecule has 1 atom stereocenters. The van der Waals surface area contributed by atoms with Crippen LogP contribution in [0.1, 0.15) is 30.2 Å². The highest BCUT2D eigenvalue weighted by atomic mass is 32.1. The van der Waals surface area contributed by atoms with Gasteiger partial charge in [-0.25, -0.2) is 4.79 Å². The molecule has 0 radical (unpaired) electrons. The molecule has 2 aromatic rings. The lowest BCUT2D eigenvalue weighted by molar-refractivity contribution is -0.137. The summed E-state index contributed by atoms with van der Waals surface area (Å²) in [5.41, 5.74) is -0.164. The van der Waals surface area contributed by atoms with Gasteiger partial charge in [0.15, 0.2) is 4.80 Å². The van der Waals surface area contributed by atoms with Gasteiger partial charge < -0.3 is 4.90 Å². The van der Waals surface area contributed by atoms with Crippen molar-refractivity contribution in [2.24, 2.45) is 4.99 Å². The molecular formula is C17H18F3N3OS. The summed E-state index contributed by atoms with van der Waals surface area (Å²) in [4.78, 5) is 19.7. The second-order valence-corrected chi connectivity index (χ2v) is 7.33. The molecule has 0 spiro atoms. The largest absolute Gasteiger partial charge is 0.416 e. The maximum absolute atomic E-state index is 12.7. The molecule has 1 aromatic heterocycles. The van der Waals surface area contributed by atoms with Crippen molar-refractivity contribution in [3.8, 4) is 5.69 Å². The summed E-state index contributed by atoms with van der Waals surface area (Å²) >= 11 is 1.33. The van der Waals surface area contributed by atoms with E-state index < -0.39 is 11.7 Å². The quantitative estimate of drug-likeness (QED) is 0.735. The fraction of sp³-hybridized carbons (Fsp3) is 0.412. The Bertz CT molecular complexity index is 836. The highest BCUT2D eigenvalue weighted by Gasteiger charge is 2.30. The number of halogens is 3. The minimum Gasteiger partial charge on any atom is -0.320 e. The zero-order valence-corrected chi connectivity index (χ0v) is 14.7. The zero-order valence-electron chi connectivity index (χ0n) is 13.9. The minimum absolute atomic E-state index is 0.164. The van der Waals surface area contributed by atoms with E-state index in [0.717, 1.165) is 29.9 Å². The summed E-state index contributed by atoms with van der Waals surface area (Å²) in [5, 5.41) is 0. The van der Waals surface area contributed by atoms with Crippen molar-refractivity contribution in [3.63, 3.8) is 0 Å². The van der Waals surface area contributed by atoms with Gasteiger partial charge in [0.2, 0.25) is 0 Å². The van der Waals surface area contributed by atoms with Crippen LogP contribution in [-0.2, 0) is 6.18 Å². The number of aryl methyl sites for hydroxylation is 1. The molecule has 1 aliphatic rings. The van der Waals surface area contributed by atoms with Crippen LogP contribution >= 0.6 is 11.3 Å². The van der Waals surface area contributed by atoms with E-state index in [9.17, 15) is 18.0 Å². The summed E-state index contributed by atoms with van der Waals surface area (Å²) in [7, 11) is 0. The molecule has 1 saturated heterocycles. The number of hydrogen-bond acceptors (Lipinski definition) is 2. The number of alkyl halides is 3. The van der Waals surface area contributed by atoms with Gasteiger partial charge in [-0.1, -0.05) is 0 Å². The smallest absolute Gasteiger partial charge is 0.320 e. The van der Waals surface area contributed by atoms with E-state index in [1.54, 1.807) is 15.7 Å². The molecule has 134 valence electrons. The Morgan fingerprint density at radius 2 is 1.96 bits per heavy atom. The summed E-state index contributed by atoms with van der Waals surface area (Å²) in [6.07, 6.45) is -0.677. The van der Waals surface area contributed by atoms with Crippen molar-refractivity contribution in [2.45, 2.75) is 38.9 Å². The number of carbonyl (C=O) groups excluding carboxylic acids is 1. The molecule has 0 saturated carbocycles. The summed E-state index contributed by atoms with van der Waals surface area (Å²) in [6, 6.07) is 4.70. The van der Waals surface area contributed by atoms with Gasteiger partial charge in [-0.15, -0.1) is 11.3 Å². The molecular weight excluding hydrogens is 351 g/mol. The van der Waals surface area contributed by atoms with E-state index in [1.807, 2.05) is 13.8 Å². The van der Waals surface area contributed by atoms with Gasteiger partial charge in [0.05, 0.1) is 5.56 Å². The minimum atomic E-state index is -4.37. The standard InChI is InChI=1S/C17H18F3N3OS/c1-11-4-3-9-22(11)15(24)21-16-23(10-12(2)25-16)14-7-5-13(6-8-14)17(18,19)20/h5-8,10-11H,3-4,9H2,1-2H3/b21-16-/t11-/m1/s1. The van der Waals surface area contributed by atoms with E-state index in [2.05, 4.69) is 4.99 Å². The predicted octanol–water partition coefficient (Wildman–Crippen LogP) is 4.37. The second-order valence-electron chi connectivity index (χ2n) is 6.12. The lowest BCUT2D eigenvalue weighted by atomic mass is 10.2. The fourth-order valence-electron chi connectivity index (χ4n) is 2.89. The number of urea groups is 1. The maximum atomic E-state index is 12.7. The van der Waals surface area contributed by atoms with Crippen molar-refractivity contribution in [3.05, 3.63) is 45.7 Å². The van der Waals surface area contributed by atoms with Crippen LogP contribution in [0.3, 0.4) is 0 Å². The summed E-state index contributed by atoms with van der Waals surface area (Å²) in [5.74, 6) is 0. The first-order chi connectivity index (χ1) is 11.8. The van der Waals surface area contributed by atoms with E-state index >= 15 is 0 Å². The number of aromatic nitrogens is 1. The second kappa shape index (κ2) is 6.67. The third-order valence-electron chi connectivity index (χ3n) is 4.23. The highest BCUT2D eigenvalue weighted by Crippen LogP contribution is 2.29. The molecule has 1 aliphatic heterocycles. The number of benzene rings is 1. The zero-order chi connectivity index (χ0) is 18.2. The van der Waals surface area contributed by atoms with Crippen LogP contribution in [0.25, 0.3) is 5.69 Å². The van der Waals surface area contributed by atoms with Gasteiger partial charge in [-0.05, 0) is 51.0 Å². The van der Waals surface area contributed by atoms with E-state index in [4.69, 9.17) is 0 Å². The van der Waals surface area contributed by atoms with E-state index in [-0.39, 0.29) is 12.1 Å². The Labute approximate surface area is 147 Å². The summed E-state index contributed by atoms with van der Waals surface area (Å²) < 4.78 is 39.8. The average Bonchev–Trinajstić information content (AvgIpc) is 3.12. The molecule has 2 heterocycles. The molecule has 25 heavy (non-hydrogen) atoms. The number of rotatable bonds is 1. The number of likely N-dealkylation sites (tertiary alicyclic amines) is 1. The average molecular weight is 369 g/mol. The molecule has 0 aliphatic carbocycles. The van der Waals surface area contributed by atoms with Crippen LogP contribution in [-0.4, -0.2) is 28.1 Å². The first-order valence-electron chi connectivity index (χ1n) is 7.98. The lowest BCUT2D eigenvalue weighted by Crippen LogP contribution is -2.32. The monoisotopic (exact) mass is 369 g/mol. The Morgan fingerprint density at radius 1 is 1.28 bits per heavy atom. The summed E-state index contributed by atoms with van der Waals surface area (Å²) in [6.45, 7) is 4.55. The molecule has 1 aromatic carbocycles. The first kappa shape index (κ1) is 17.7. The fourth-order valence-corrected chi connectivity index (χ4v) is 3.72. The number of thiazole rings is 1. The van der Waals surface area contributed by atoms with Gasteiger partial charge in [0.25, 0.3) is 0 Å². The van der Waals surface area contributed by atoms with Gasteiger partial charge in [-0.2, -0.15) is 18.2 Å². The van der Waals surface area contributed by atoms with Crippen LogP contribution in [0.4, 0.5) is 18.0 Å². The van der Waals surface area contributed by atoms with Crippen LogP contribution in [0.5, 0.6) is 0 Å². The van der Waals surface area contributed by atoms with Gasteiger partial charge in [-0.3, -0.25) is 4.57 Å². The van der Waals surface area contributed by atoms with Crippen molar-refractivity contribution < 1.29 is 18.0 Å². The Kier molecular flexibility index (Phi) is 4.73. The third-order valence-corrected chi connectivity index (χ3v) is 5.13. The molecule has 0 bridgehead atoms. The normalized spacial score (nSPS) is 18.8. The number of amides is 2. The number of nitrogens with zero attached hydrogens (tertiary/aromatic N) is 3. The predicted molar refractivity (Wildman–Crippen MR) is 89.7 cm³/mol. The molecule has 0 N–H and O–H groups in total.